The van der Waals surface area contributed by atoms with E-state index >= 15 is 0 Å². The summed E-state index contributed by atoms with van der Waals surface area (Å²) in [6, 6.07) is 14.6. The first-order chi connectivity index (χ1) is 15.1. The van der Waals surface area contributed by atoms with Crippen molar-refractivity contribution in [1.29, 1.82) is 0 Å². The molecule has 2 aliphatic heterocycles. The Kier molecular flexibility index (Phi) is 4.95. The second kappa shape index (κ2) is 7.92. The molecule has 158 valence electrons. The fourth-order valence-corrected chi connectivity index (χ4v) is 4.60. The van der Waals surface area contributed by atoms with Crippen molar-refractivity contribution in [2.75, 3.05) is 18.0 Å². The molecule has 0 saturated heterocycles. The fourth-order valence-electron chi connectivity index (χ4n) is 3.87. The highest BCUT2D eigenvalue weighted by molar-refractivity contribution is 7.12. The molecule has 2 N–H and O–H groups in total. The summed E-state index contributed by atoms with van der Waals surface area (Å²) >= 11 is 1.59. The summed E-state index contributed by atoms with van der Waals surface area (Å²) in [5.74, 6) is 0.436. The number of rotatable bonds is 5. The molecule has 4 heterocycles. The third kappa shape index (κ3) is 3.68. The van der Waals surface area contributed by atoms with Crippen molar-refractivity contribution in [2.45, 2.75) is 18.6 Å². The maximum absolute atomic E-state index is 13.4. The monoisotopic (exact) mass is 436 g/mol. The first-order valence-electron chi connectivity index (χ1n) is 9.87. The number of para-hydroxylation sites is 2. The van der Waals surface area contributed by atoms with E-state index in [1.807, 2.05) is 46.7 Å². The topological polar surface area (TPSA) is 101 Å². The quantitative estimate of drug-likeness (QED) is 0.663. The van der Waals surface area contributed by atoms with E-state index in [-0.39, 0.29) is 25.0 Å². The summed E-state index contributed by atoms with van der Waals surface area (Å²) < 4.78 is 11.3. The largest absolute Gasteiger partial charge is 0.477 e. The third-order valence-corrected chi connectivity index (χ3v) is 6.27. The van der Waals surface area contributed by atoms with Gasteiger partial charge in [-0.05, 0) is 35.7 Å². The molecule has 2 aliphatic rings. The summed E-state index contributed by atoms with van der Waals surface area (Å²) in [6.07, 6.45) is 1.34. The Balaban J connectivity index is 1.43. The molecule has 5 rings (SSSR count). The lowest BCUT2D eigenvalue weighted by molar-refractivity contribution is -0.132. The van der Waals surface area contributed by atoms with Crippen molar-refractivity contribution in [2.24, 2.45) is 10.8 Å². The van der Waals surface area contributed by atoms with Crippen LogP contribution in [0, 0.1) is 0 Å². The second-order valence-electron chi connectivity index (χ2n) is 7.35. The number of amides is 2. The van der Waals surface area contributed by atoms with Crippen LogP contribution in [0.25, 0.3) is 0 Å². The van der Waals surface area contributed by atoms with Gasteiger partial charge in [0.25, 0.3) is 11.8 Å². The van der Waals surface area contributed by atoms with Gasteiger partial charge in [-0.15, -0.1) is 11.3 Å². The second-order valence-corrected chi connectivity index (χ2v) is 8.30. The molecule has 0 aliphatic carbocycles. The number of fused-ring (bicyclic) bond motifs is 1. The molecular weight excluding hydrogens is 416 g/mol. The summed E-state index contributed by atoms with van der Waals surface area (Å²) in [5, 5.41) is 8.12. The predicted octanol–water partition coefficient (Wildman–Crippen LogP) is 2.77. The average molecular weight is 436 g/mol. The minimum Gasteiger partial charge on any atom is -0.477 e. The van der Waals surface area contributed by atoms with Crippen LogP contribution in [0.3, 0.4) is 0 Å². The van der Waals surface area contributed by atoms with Gasteiger partial charge in [0.1, 0.15) is 17.6 Å². The molecule has 2 aromatic heterocycles. The molecule has 1 aromatic carbocycles. The maximum Gasteiger partial charge on any atom is 0.262 e. The van der Waals surface area contributed by atoms with Gasteiger partial charge < -0.3 is 19.8 Å². The molecule has 0 unspecified atom stereocenters. The third-order valence-electron chi connectivity index (χ3n) is 5.35. The van der Waals surface area contributed by atoms with E-state index in [1.165, 1.54) is 5.01 Å². The van der Waals surface area contributed by atoms with Crippen molar-refractivity contribution in [3.05, 3.63) is 70.8 Å². The number of hydrazone groups is 1. The molecule has 31 heavy (non-hydrogen) atoms. The number of furan rings is 1. The van der Waals surface area contributed by atoms with Gasteiger partial charge in [-0.1, -0.05) is 18.2 Å². The Labute approximate surface area is 182 Å². The molecule has 0 bridgehead atoms. The number of nitrogens with two attached hydrogens (primary N) is 1. The maximum atomic E-state index is 13.4. The number of hydrogen-bond donors (Lipinski definition) is 1. The van der Waals surface area contributed by atoms with Crippen molar-refractivity contribution in [3.63, 3.8) is 0 Å². The predicted molar refractivity (Wildman–Crippen MR) is 116 cm³/mol. The minimum atomic E-state index is -0.827. The zero-order valence-corrected chi connectivity index (χ0v) is 17.3. The molecule has 0 spiro atoms. The van der Waals surface area contributed by atoms with Crippen molar-refractivity contribution in [1.82, 2.24) is 5.01 Å². The molecule has 0 saturated carbocycles. The Morgan fingerprint density at radius 3 is 2.77 bits per heavy atom. The lowest BCUT2D eigenvalue weighted by Crippen LogP contribution is -2.50. The van der Waals surface area contributed by atoms with Gasteiger partial charge in [-0.2, -0.15) is 5.10 Å². The Morgan fingerprint density at radius 2 is 2.03 bits per heavy atom. The summed E-state index contributed by atoms with van der Waals surface area (Å²) in [5.41, 5.74) is 7.07. The van der Waals surface area contributed by atoms with Crippen LogP contribution in [-0.4, -0.2) is 41.7 Å². The van der Waals surface area contributed by atoms with Crippen molar-refractivity contribution >= 4 is 34.6 Å². The molecule has 3 aromatic rings. The molecular formula is C22H20N4O4S. The van der Waals surface area contributed by atoms with E-state index in [0.29, 0.717) is 17.9 Å². The zero-order valence-electron chi connectivity index (χ0n) is 16.5. The molecule has 2 atom stereocenters. The highest BCUT2D eigenvalue weighted by Crippen LogP contribution is 2.36. The number of thiophene rings is 1. The van der Waals surface area contributed by atoms with Gasteiger partial charge in [0.05, 0.1) is 35.6 Å². The van der Waals surface area contributed by atoms with Crippen LogP contribution >= 0.6 is 11.3 Å². The zero-order chi connectivity index (χ0) is 21.4. The molecule has 0 radical (unpaired) electrons. The smallest absolute Gasteiger partial charge is 0.262 e. The highest BCUT2D eigenvalue weighted by atomic mass is 32.1. The Hall–Kier alpha value is -3.59. The SMILES string of the molecule is NC(=O)[C@H]1CN(CC(=O)N2N=C(c3cccs3)C[C@H]2c2ccco2)c2ccccc2O1. The standard InChI is InChI=1S/C22H20N4O4S/c23-22(28)19-12-25(15-5-1-2-6-18(15)30-19)13-21(27)26-16(17-7-3-9-29-17)11-14(24-26)20-8-4-10-31-20/h1-10,16,19H,11-13H2,(H2,23,28)/t16-,19+/m0/s1. The van der Waals surface area contributed by atoms with Crippen LogP contribution in [0.2, 0.25) is 0 Å². The number of nitrogens with zero attached hydrogens (tertiary/aromatic N) is 3. The van der Waals surface area contributed by atoms with Crippen molar-refractivity contribution < 1.29 is 18.7 Å². The number of ether oxygens (including phenoxy) is 1. The number of hydrogen-bond acceptors (Lipinski definition) is 7. The van der Waals surface area contributed by atoms with Crippen LogP contribution in [0.1, 0.15) is 23.1 Å². The van der Waals surface area contributed by atoms with E-state index in [4.69, 9.17) is 14.9 Å². The van der Waals surface area contributed by atoms with Gasteiger partial charge in [0.15, 0.2) is 6.10 Å². The van der Waals surface area contributed by atoms with Crippen molar-refractivity contribution in [3.8, 4) is 5.75 Å². The van der Waals surface area contributed by atoms with E-state index < -0.39 is 12.0 Å². The Bertz CT molecular complexity index is 1130. The highest BCUT2D eigenvalue weighted by Gasteiger charge is 2.37. The first-order valence-corrected chi connectivity index (χ1v) is 10.7. The van der Waals surface area contributed by atoms with Crippen LogP contribution < -0.4 is 15.4 Å². The lowest BCUT2D eigenvalue weighted by atomic mass is 10.1. The Morgan fingerprint density at radius 1 is 1.16 bits per heavy atom. The number of anilines is 1. The normalized spacial score (nSPS) is 20.2. The van der Waals surface area contributed by atoms with E-state index in [9.17, 15) is 9.59 Å². The van der Waals surface area contributed by atoms with Crippen LogP contribution in [0.15, 0.2) is 69.7 Å². The number of benzene rings is 1. The van der Waals surface area contributed by atoms with Crippen LogP contribution in [-0.2, 0) is 9.59 Å². The first kappa shape index (κ1) is 19.4. The fraction of sp³-hybridized carbons (Fsp3) is 0.227. The summed E-state index contributed by atoms with van der Waals surface area (Å²) in [6.45, 7) is 0.224. The average Bonchev–Trinajstić information content (AvgIpc) is 3.54. The summed E-state index contributed by atoms with van der Waals surface area (Å²) in [7, 11) is 0. The van der Waals surface area contributed by atoms with Gasteiger partial charge in [-0.25, -0.2) is 5.01 Å². The van der Waals surface area contributed by atoms with Gasteiger partial charge in [0.2, 0.25) is 0 Å². The lowest BCUT2D eigenvalue weighted by Gasteiger charge is -2.35. The van der Waals surface area contributed by atoms with E-state index in [1.54, 1.807) is 29.7 Å². The molecule has 9 heteroatoms. The van der Waals surface area contributed by atoms with Gasteiger partial charge in [-0.3, -0.25) is 9.59 Å². The van der Waals surface area contributed by atoms with E-state index in [0.717, 1.165) is 16.3 Å². The molecule has 8 nitrogen and oxygen atoms in total. The van der Waals surface area contributed by atoms with E-state index in [2.05, 4.69) is 5.10 Å². The molecule has 0 fully saturated rings. The number of primary amides is 1. The minimum absolute atomic E-state index is 0.0303. The van der Waals surface area contributed by atoms with Gasteiger partial charge in [0, 0.05) is 6.42 Å². The van der Waals surface area contributed by atoms with Crippen LogP contribution in [0.4, 0.5) is 5.69 Å². The summed E-state index contributed by atoms with van der Waals surface area (Å²) in [4.78, 5) is 28.0. The number of carbonyl (C=O) groups is 2. The van der Waals surface area contributed by atoms with Crippen LogP contribution in [0.5, 0.6) is 5.75 Å². The van der Waals surface area contributed by atoms with Gasteiger partial charge >= 0.3 is 0 Å². The number of carbonyl (C=O) groups excluding carboxylic acids is 2. The molecule has 2 amide bonds.